The number of nitrogens with zero attached hydrogens (tertiary/aromatic N) is 3. The Kier molecular flexibility index (Phi) is 5.22. The number of nitrogens with one attached hydrogen (secondary N) is 2. The molecule has 0 aliphatic carbocycles. The highest BCUT2D eigenvalue weighted by molar-refractivity contribution is 6.30. The molecule has 2 heterocycles. The van der Waals surface area contributed by atoms with E-state index in [0.717, 1.165) is 5.56 Å². The van der Waals surface area contributed by atoms with Crippen LogP contribution >= 0.6 is 11.6 Å². The Hall–Kier alpha value is -2.87. The molecule has 2 N–H and O–H groups in total. The first-order chi connectivity index (χ1) is 12.5. The van der Waals surface area contributed by atoms with Crippen molar-refractivity contribution in [2.45, 2.75) is 26.4 Å². The Morgan fingerprint density at radius 3 is 2.77 bits per heavy atom. The van der Waals surface area contributed by atoms with E-state index in [9.17, 15) is 9.59 Å². The third-order valence-corrected chi connectivity index (χ3v) is 4.13. The van der Waals surface area contributed by atoms with Crippen molar-refractivity contribution in [2.75, 3.05) is 6.61 Å². The summed E-state index contributed by atoms with van der Waals surface area (Å²) in [5, 5.41) is 14.1. The van der Waals surface area contributed by atoms with E-state index >= 15 is 0 Å². The first kappa shape index (κ1) is 17.9. The molecule has 0 fully saturated rings. The van der Waals surface area contributed by atoms with Crippen molar-refractivity contribution in [3.05, 3.63) is 58.0 Å². The number of ether oxygens (including phenoxy) is 1. The van der Waals surface area contributed by atoms with Gasteiger partial charge in [-0.05, 0) is 31.5 Å². The third-order valence-electron chi connectivity index (χ3n) is 3.87. The minimum absolute atomic E-state index is 0.236. The average Bonchev–Trinajstić information content (AvgIpc) is 3.05. The van der Waals surface area contributed by atoms with Gasteiger partial charge in [0.2, 0.25) is 0 Å². The van der Waals surface area contributed by atoms with Crippen molar-refractivity contribution < 1.29 is 14.3 Å². The van der Waals surface area contributed by atoms with Crippen LogP contribution in [0.25, 0.3) is 0 Å². The second kappa shape index (κ2) is 7.57. The molecule has 2 amide bonds. The van der Waals surface area contributed by atoms with Crippen LogP contribution in [-0.4, -0.2) is 33.6 Å². The molecule has 9 heteroatoms. The van der Waals surface area contributed by atoms with Crippen molar-refractivity contribution in [1.29, 1.82) is 0 Å². The predicted octanol–water partition coefficient (Wildman–Crippen LogP) is 2.17. The zero-order chi connectivity index (χ0) is 18.7. The van der Waals surface area contributed by atoms with Crippen molar-refractivity contribution in [3.63, 3.8) is 0 Å². The summed E-state index contributed by atoms with van der Waals surface area (Å²) in [5.74, 6) is -0.505. The first-order valence-electron chi connectivity index (χ1n) is 8.07. The predicted molar refractivity (Wildman–Crippen MR) is 94.3 cm³/mol. The summed E-state index contributed by atoms with van der Waals surface area (Å²) < 4.78 is 6.73. The molecule has 1 aliphatic rings. The van der Waals surface area contributed by atoms with Gasteiger partial charge in [0.15, 0.2) is 0 Å². The molecule has 0 saturated carbocycles. The molecule has 8 nitrogen and oxygen atoms in total. The fourth-order valence-corrected chi connectivity index (χ4v) is 2.82. The van der Waals surface area contributed by atoms with E-state index in [1.807, 2.05) is 12.1 Å². The monoisotopic (exact) mass is 375 g/mol. The molecule has 1 unspecified atom stereocenters. The molecule has 0 bridgehead atoms. The highest BCUT2D eigenvalue weighted by Crippen LogP contribution is 2.26. The number of halogens is 1. The Morgan fingerprint density at radius 2 is 2.08 bits per heavy atom. The van der Waals surface area contributed by atoms with Crippen molar-refractivity contribution in [1.82, 2.24) is 25.6 Å². The van der Waals surface area contributed by atoms with E-state index in [0.29, 0.717) is 28.5 Å². The van der Waals surface area contributed by atoms with Gasteiger partial charge in [0.05, 0.1) is 24.9 Å². The fraction of sp³-hybridized carbons (Fsp3) is 0.294. The van der Waals surface area contributed by atoms with Gasteiger partial charge in [0, 0.05) is 10.7 Å². The second-order valence-corrected chi connectivity index (χ2v) is 6.19. The number of carbonyl (C=O) groups is 2. The number of esters is 1. The molecule has 1 atom stereocenters. The van der Waals surface area contributed by atoms with Crippen LogP contribution in [0.2, 0.25) is 5.02 Å². The molecule has 0 saturated heterocycles. The number of hydrogen-bond acceptors (Lipinski definition) is 5. The smallest absolute Gasteiger partial charge is 0.338 e. The van der Waals surface area contributed by atoms with Crippen molar-refractivity contribution in [3.8, 4) is 0 Å². The zero-order valence-electron chi connectivity index (χ0n) is 14.3. The summed E-state index contributed by atoms with van der Waals surface area (Å²) in [6.45, 7) is 4.09. The van der Waals surface area contributed by atoms with Crippen LogP contribution in [0, 0.1) is 0 Å². The zero-order valence-corrected chi connectivity index (χ0v) is 15.1. The SMILES string of the molecule is CCOC(=O)C1=C(C)NC(=O)NC1c1cn(Cc2ccc(Cl)cc2)nn1. The number of allylic oxidation sites excluding steroid dienone is 1. The van der Waals surface area contributed by atoms with Crippen LogP contribution < -0.4 is 10.6 Å². The normalized spacial score (nSPS) is 16.9. The van der Waals surface area contributed by atoms with Crippen LogP contribution in [0.3, 0.4) is 0 Å². The molecule has 0 spiro atoms. The second-order valence-electron chi connectivity index (χ2n) is 5.76. The Morgan fingerprint density at radius 1 is 1.35 bits per heavy atom. The van der Waals surface area contributed by atoms with Gasteiger partial charge in [-0.1, -0.05) is 28.9 Å². The average molecular weight is 376 g/mol. The molecular weight excluding hydrogens is 358 g/mol. The van der Waals surface area contributed by atoms with Crippen LogP contribution in [0.5, 0.6) is 0 Å². The summed E-state index contributed by atoms with van der Waals surface area (Å²) in [6, 6.07) is 6.25. The van der Waals surface area contributed by atoms with Crippen LogP contribution in [0.4, 0.5) is 4.79 Å². The van der Waals surface area contributed by atoms with E-state index in [-0.39, 0.29) is 6.61 Å². The van der Waals surface area contributed by atoms with Gasteiger partial charge in [0.1, 0.15) is 11.7 Å². The summed E-state index contributed by atoms with van der Waals surface area (Å²) in [5.41, 5.74) is 2.20. The maximum Gasteiger partial charge on any atom is 0.338 e. The van der Waals surface area contributed by atoms with Crippen molar-refractivity contribution >= 4 is 23.6 Å². The number of benzene rings is 1. The molecule has 136 valence electrons. The van der Waals surface area contributed by atoms with Gasteiger partial charge < -0.3 is 15.4 Å². The maximum atomic E-state index is 12.3. The minimum Gasteiger partial charge on any atom is -0.463 e. The Balaban J connectivity index is 1.85. The number of rotatable bonds is 5. The van der Waals surface area contributed by atoms with Gasteiger partial charge >= 0.3 is 12.0 Å². The molecule has 2 aromatic rings. The Labute approximate surface area is 155 Å². The number of aromatic nitrogens is 3. The van der Waals surface area contributed by atoms with Crippen molar-refractivity contribution in [2.24, 2.45) is 0 Å². The van der Waals surface area contributed by atoms with Crippen LogP contribution in [0.15, 0.2) is 41.7 Å². The van der Waals surface area contributed by atoms with E-state index in [2.05, 4.69) is 20.9 Å². The summed E-state index contributed by atoms with van der Waals surface area (Å²) in [4.78, 5) is 24.1. The number of carbonyl (C=O) groups excluding carboxylic acids is 2. The first-order valence-corrected chi connectivity index (χ1v) is 8.45. The Bertz CT molecular complexity index is 860. The summed E-state index contributed by atoms with van der Waals surface area (Å²) >= 11 is 5.89. The van der Waals surface area contributed by atoms with Gasteiger partial charge in [-0.2, -0.15) is 0 Å². The summed E-state index contributed by atoms with van der Waals surface area (Å²) in [7, 11) is 0. The largest absolute Gasteiger partial charge is 0.463 e. The molecule has 1 aromatic heterocycles. The van der Waals surface area contributed by atoms with Crippen LogP contribution in [-0.2, 0) is 16.1 Å². The lowest BCUT2D eigenvalue weighted by atomic mass is 10.0. The van der Waals surface area contributed by atoms with Gasteiger partial charge in [0.25, 0.3) is 0 Å². The fourth-order valence-electron chi connectivity index (χ4n) is 2.69. The molecule has 3 rings (SSSR count). The molecule has 26 heavy (non-hydrogen) atoms. The van der Waals surface area contributed by atoms with Gasteiger partial charge in [-0.15, -0.1) is 5.10 Å². The minimum atomic E-state index is -0.721. The van der Waals surface area contributed by atoms with E-state index in [4.69, 9.17) is 16.3 Å². The quantitative estimate of drug-likeness (QED) is 0.780. The van der Waals surface area contributed by atoms with Gasteiger partial charge in [-0.3, -0.25) is 0 Å². The molecule has 1 aliphatic heterocycles. The number of urea groups is 1. The molecular formula is C17H18ClN5O3. The lowest BCUT2D eigenvalue weighted by Crippen LogP contribution is -2.45. The topological polar surface area (TPSA) is 98.1 Å². The van der Waals surface area contributed by atoms with E-state index in [1.54, 1.807) is 36.9 Å². The standard InChI is InChI=1S/C17H18ClN5O3/c1-3-26-16(24)14-10(2)19-17(25)20-15(14)13-9-23(22-21-13)8-11-4-6-12(18)7-5-11/h4-7,9,15H,3,8H2,1-2H3,(H2,19,20,25). The number of amides is 2. The highest BCUT2D eigenvalue weighted by atomic mass is 35.5. The third kappa shape index (κ3) is 3.85. The molecule has 1 aromatic carbocycles. The van der Waals surface area contributed by atoms with Crippen LogP contribution in [0.1, 0.15) is 31.1 Å². The lowest BCUT2D eigenvalue weighted by molar-refractivity contribution is -0.139. The van der Waals surface area contributed by atoms with E-state index in [1.165, 1.54) is 0 Å². The number of hydrogen-bond donors (Lipinski definition) is 2. The molecule has 0 radical (unpaired) electrons. The maximum absolute atomic E-state index is 12.3. The lowest BCUT2D eigenvalue weighted by Gasteiger charge is -2.26. The van der Waals surface area contributed by atoms with E-state index < -0.39 is 18.0 Å². The van der Waals surface area contributed by atoms with Gasteiger partial charge in [-0.25, -0.2) is 14.3 Å². The summed E-state index contributed by atoms with van der Waals surface area (Å²) in [6.07, 6.45) is 1.69. The highest BCUT2D eigenvalue weighted by Gasteiger charge is 2.33.